The Balaban J connectivity index is 2.05. The number of thiophene rings is 1. The van der Waals surface area contributed by atoms with E-state index in [2.05, 4.69) is 63.5 Å². The van der Waals surface area contributed by atoms with Crippen molar-refractivity contribution in [1.29, 1.82) is 0 Å². The van der Waals surface area contributed by atoms with Crippen molar-refractivity contribution in [3.63, 3.8) is 0 Å². The molecule has 0 radical (unpaired) electrons. The van der Waals surface area contributed by atoms with Crippen LogP contribution in [0.25, 0.3) is 0 Å². The van der Waals surface area contributed by atoms with Crippen LogP contribution in [0.5, 0.6) is 0 Å². The van der Waals surface area contributed by atoms with E-state index < -0.39 is 0 Å². The highest BCUT2D eigenvalue weighted by atomic mass is 79.9. The predicted molar refractivity (Wildman–Crippen MR) is 91.7 cm³/mol. The molecule has 1 aromatic rings. The molecule has 0 aliphatic carbocycles. The first-order chi connectivity index (χ1) is 9.60. The maximum Gasteiger partial charge on any atom is 0.0377 e. The minimum Gasteiger partial charge on any atom is -0.312 e. The Morgan fingerprint density at radius 1 is 1.45 bits per heavy atom. The molecule has 0 saturated carbocycles. The van der Waals surface area contributed by atoms with E-state index in [1.807, 2.05) is 11.3 Å². The van der Waals surface area contributed by atoms with Crippen LogP contribution in [0.3, 0.4) is 0 Å². The van der Waals surface area contributed by atoms with Crippen LogP contribution in [0.2, 0.25) is 0 Å². The molecule has 2 heterocycles. The van der Waals surface area contributed by atoms with E-state index in [0.29, 0.717) is 12.1 Å². The number of nitrogens with one attached hydrogen (secondary N) is 1. The second-order valence-electron chi connectivity index (χ2n) is 5.81. The predicted octanol–water partition coefficient (Wildman–Crippen LogP) is 2.67. The van der Waals surface area contributed by atoms with Gasteiger partial charge in [0, 0.05) is 46.4 Å². The lowest BCUT2D eigenvalue weighted by molar-refractivity contribution is 0.0878. The van der Waals surface area contributed by atoms with Crippen molar-refractivity contribution in [2.24, 2.45) is 0 Å². The molecular formula is C15H26BrN3S. The molecule has 5 heteroatoms. The molecule has 2 unspecified atom stereocenters. The van der Waals surface area contributed by atoms with E-state index in [4.69, 9.17) is 0 Å². The summed E-state index contributed by atoms with van der Waals surface area (Å²) in [5, 5.41) is 5.95. The summed E-state index contributed by atoms with van der Waals surface area (Å²) in [5.74, 6) is 0. The highest BCUT2D eigenvalue weighted by Crippen LogP contribution is 2.23. The molecule has 1 saturated heterocycles. The van der Waals surface area contributed by atoms with Gasteiger partial charge in [-0.3, -0.25) is 4.90 Å². The summed E-state index contributed by atoms with van der Waals surface area (Å²) in [6.45, 7) is 6.84. The van der Waals surface area contributed by atoms with Gasteiger partial charge in [0.25, 0.3) is 0 Å². The molecule has 1 fully saturated rings. The van der Waals surface area contributed by atoms with E-state index in [0.717, 1.165) is 19.5 Å². The maximum absolute atomic E-state index is 3.77. The van der Waals surface area contributed by atoms with Crippen LogP contribution in [0.4, 0.5) is 0 Å². The van der Waals surface area contributed by atoms with Crippen molar-refractivity contribution in [3.05, 3.63) is 20.8 Å². The largest absolute Gasteiger partial charge is 0.312 e. The van der Waals surface area contributed by atoms with E-state index >= 15 is 0 Å². The van der Waals surface area contributed by atoms with Crippen LogP contribution in [0.15, 0.2) is 15.9 Å². The van der Waals surface area contributed by atoms with Gasteiger partial charge in [0.05, 0.1) is 0 Å². The van der Waals surface area contributed by atoms with Crippen molar-refractivity contribution < 1.29 is 0 Å². The Morgan fingerprint density at radius 2 is 2.25 bits per heavy atom. The molecule has 114 valence electrons. The number of rotatable bonds is 6. The van der Waals surface area contributed by atoms with Gasteiger partial charge < -0.3 is 10.2 Å². The number of hydrogen-bond donors (Lipinski definition) is 1. The second-order valence-corrected chi connectivity index (χ2v) is 7.72. The monoisotopic (exact) mass is 359 g/mol. The molecule has 0 spiro atoms. The van der Waals surface area contributed by atoms with Crippen LogP contribution < -0.4 is 5.32 Å². The molecular weight excluding hydrogens is 334 g/mol. The smallest absolute Gasteiger partial charge is 0.0377 e. The lowest BCUT2D eigenvalue weighted by atomic mass is 10.00. The normalized spacial score (nSPS) is 23.1. The number of hydrogen-bond acceptors (Lipinski definition) is 4. The lowest BCUT2D eigenvalue weighted by Gasteiger charge is -2.42. The standard InChI is InChI=1S/C15H26BrN3S/c1-4-5-17-14(9-13-8-12(16)11-20-13)15-10-18(2)6-7-19(15)3/h8,11,14-15,17H,4-7,9-10H2,1-3H3. The SMILES string of the molecule is CCCNC(Cc1cc(Br)cs1)C1CN(C)CCN1C. The lowest BCUT2D eigenvalue weighted by Crippen LogP contribution is -2.59. The van der Waals surface area contributed by atoms with Crippen LogP contribution >= 0.6 is 27.3 Å². The fraction of sp³-hybridized carbons (Fsp3) is 0.733. The molecule has 1 aliphatic heterocycles. The van der Waals surface area contributed by atoms with Gasteiger partial charge in [-0.15, -0.1) is 11.3 Å². The first-order valence-corrected chi connectivity index (χ1v) is 9.12. The number of likely N-dealkylation sites (N-methyl/N-ethyl adjacent to an activating group) is 2. The molecule has 20 heavy (non-hydrogen) atoms. The Labute approximate surface area is 135 Å². The number of nitrogens with zero attached hydrogens (tertiary/aromatic N) is 2. The van der Waals surface area contributed by atoms with Crippen LogP contribution in [-0.4, -0.2) is 62.2 Å². The molecule has 0 amide bonds. The Hall–Kier alpha value is 0.0600. The third-order valence-corrected chi connectivity index (χ3v) is 5.78. The van der Waals surface area contributed by atoms with E-state index in [1.54, 1.807) is 0 Å². The van der Waals surface area contributed by atoms with Crippen molar-refractivity contribution in [3.8, 4) is 0 Å². The Morgan fingerprint density at radius 3 is 2.90 bits per heavy atom. The van der Waals surface area contributed by atoms with Crippen molar-refractivity contribution in [1.82, 2.24) is 15.1 Å². The van der Waals surface area contributed by atoms with Crippen molar-refractivity contribution in [2.45, 2.75) is 31.8 Å². The summed E-state index contributed by atoms with van der Waals surface area (Å²) in [4.78, 5) is 6.44. The van der Waals surface area contributed by atoms with Gasteiger partial charge >= 0.3 is 0 Å². The van der Waals surface area contributed by atoms with Gasteiger partial charge in [0.1, 0.15) is 0 Å². The minimum atomic E-state index is 0.535. The fourth-order valence-corrected chi connectivity index (χ4v) is 4.34. The Kier molecular flexibility index (Phi) is 6.49. The summed E-state index contributed by atoms with van der Waals surface area (Å²) in [5.41, 5.74) is 0. The maximum atomic E-state index is 3.77. The first-order valence-electron chi connectivity index (χ1n) is 7.45. The minimum absolute atomic E-state index is 0.535. The molecule has 0 aromatic carbocycles. The van der Waals surface area contributed by atoms with Gasteiger partial charge in [-0.1, -0.05) is 6.92 Å². The van der Waals surface area contributed by atoms with Crippen molar-refractivity contribution in [2.75, 3.05) is 40.3 Å². The van der Waals surface area contributed by atoms with Gasteiger partial charge in [-0.2, -0.15) is 0 Å². The highest BCUT2D eigenvalue weighted by Gasteiger charge is 2.29. The highest BCUT2D eigenvalue weighted by molar-refractivity contribution is 9.10. The average Bonchev–Trinajstić information content (AvgIpc) is 2.83. The first kappa shape index (κ1) is 16.4. The Bertz CT molecular complexity index is 410. The third-order valence-electron chi connectivity index (χ3n) is 4.06. The van der Waals surface area contributed by atoms with Crippen LogP contribution in [0, 0.1) is 0 Å². The molecule has 1 N–H and O–H groups in total. The molecule has 0 bridgehead atoms. The number of piperazine rings is 1. The molecule has 1 aromatic heterocycles. The summed E-state index contributed by atoms with van der Waals surface area (Å²) >= 11 is 5.42. The summed E-state index contributed by atoms with van der Waals surface area (Å²) in [7, 11) is 4.50. The van der Waals surface area contributed by atoms with Gasteiger partial charge in [-0.25, -0.2) is 0 Å². The molecule has 2 rings (SSSR count). The third kappa shape index (κ3) is 4.53. The average molecular weight is 360 g/mol. The molecule has 2 atom stereocenters. The zero-order valence-electron chi connectivity index (χ0n) is 12.7. The zero-order valence-corrected chi connectivity index (χ0v) is 15.1. The fourth-order valence-electron chi connectivity index (χ4n) is 2.83. The topological polar surface area (TPSA) is 18.5 Å². The summed E-state index contributed by atoms with van der Waals surface area (Å²) in [6.07, 6.45) is 2.32. The van der Waals surface area contributed by atoms with Crippen LogP contribution in [0.1, 0.15) is 18.2 Å². The van der Waals surface area contributed by atoms with Gasteiger partial charge in [0.15, 0.2) is 0 Å². The quantitative estimate of drug-likeness (QED) is 0.842. The van der Waals surface area contributed by atoms with E-state index in [1.165, 1.54) is 28.9 Å². The van der Waals surface area contributed by atoms with Crippen molar-refractivity contribution >= 4 is 27.3 Å². The van der Waals surface area contributed by atoms with E-state index in [9.17, 15) is 0 Å². The second kappa shape index (κ2) is 7.90. The number of halogens is 1. The molecule has 3 nitrogen and oxygen atoms in total. The van der Waals surface area contributed by atoms with Gasteiger partial charge in [-0.05, 0) is 55.5 Å². The summed E-state index contributed by atoms with van der Waals surface area (Å²) < 4.78 is 1.21. The van der Waals surface area contributed by atoms with Crippen LogP contribution in [-0.2, 0) is 6.42 Å². The van der Waals surface area contributed by atoms with Gasteiger partial charge in [0.2, 0.25) is 0 Å². The zero-order chi connectivity index (χ0) is 14.5. The van der Waals surface area contributed by atoms with E-state index in [-0.39, 0.29) is 0 Å². The summed E-state index contributed by atoms with van der Waals surface area (Å²) in [6, 6.07) is 3.40. The molecule has 1 aliphatic rings.